The molecule has 0 fully saturated rings. The Morgan fingerprint density at radius 1 is 1.17 bits per heavy atom. The van der Waals surface area contributed by atoms with E-state index in [0.29, 0.717) is 5.84 Å². The molecule has 0 spiro atoms. The van der Waals surface area contributed by atoms with Crippen molar-refractivity contribution in [2.75, 3.05) is 12.4 Å². The summed E-state index contributed by atoms with van der Waals surface area (Å²) in [5, 5.41) is 4.48. The summed E-state index contributed by atoms with van der Waals surface area (Å²) in [6, 6.07) is 5.60. The maximum absolute atomic E-state index is 13.5. The van der Waals surface area contributed by atoms with E-state index in [1.165, 1.54) is 18.4 Å². The zero-order valence-electron chi connectivity index (χ0n) is 9.38. The van der Waals surface area contributed by atoms with Gasteiger partial charge in [-0.3, -0.25) is 4.99 Å². The second-order valence-electron chi connectivity index (χ2n) is 3.40. The number of halogens is 3. The van der Waals surface area contributed by atoms with Crippen LogP contribution >= 0.6 is 11.3 Å². The number of hydrogen-bond acceptors (Lipinski definition) is 2. The van der Waals surface area contributed by atoms with Crippen LogP contribution in [-0.4, -0.2) is 12.9 Å². The van der Waals surface area contributed by atoms with E-state index in [1.807, 2.05) is 11.4 Å². The molecule has 1 heterocycles. The molecule has 2 rings (SSSR count). The fourth-order valence-electron chi connectivity index (χ4n) is 1.39. The highest BCUT2D eigenvalue weighted by atomic mass is 32.1. The van der Waals surface area contributed by atoms with Crippen molar-refractivity contribution in [2.45, 2.75) is 0 Å². The smallest absolute Gasteiger partial charge is 0.196 e. The molecule has 0 unspecified atom stereocenters. The van der Waals surface area contributed by atoms with Gasteiger partial charge in [-0.05, 0) is 23.6 Å². The quantitative estimate of drug-likeness (QED) is 0.503. The molecular weight excluding hydrogens is 261 g/mol. The Bertz CT molecular complexity index is 579. The maximum atomic E-state index is 13.5. The molecule has 0 aliphatic heterocycles. The van der Waals surface area contributed by atoms with Gasteiger partial charge in [0.05, 0.1) is 10.6 Å². The first-order chi connectivity index (χ1) is 8.63. The van der Waals surface area contributed by atoms with Crippen molar-refractivity contribution < 1.29 is 13.2 Å². The fourth-order valence-corrected chi connectivity index (χ4v) is 2.11. The van der Waals surface area contributed by atoms with Gasteiger partial charge < -0.3 is 5.32 Å². The minimum Gasteiger partial charge on any atom is -0.337 e. The van der Waals surface area contributed by atoms with Gasteiger partial charge in [0.2, 0.25) is 0 Å². The SMILES string of the molecule is CN=C(Nc1ccc(F)c(F)c1F)c1cccs1. The van der Waals surface area contributed by atoms with Crippen LogP contribution in [0.1, 0.15) is 4.88 Å². The molecule has 0 amide bonds. The van der Waals surface area contributed by atoms with Gasteiger partial charge in [0.15, 0.2) is 17.5 Å². The van der Waals surface area contributed by atoms with Gasteiger partial charge in [-0.1, -0.05) is 6.07 Å². The van der Waals surface area contributed by atoms with E-state index in [2.05, 4.69) is 10.3 Å². The van der Waals surface area contributed by atoms with Gasteiger partial charge in [-0.25, -0.2) is 13.2 Å². The van der Waals surface area contributed by atoms with Gasteiger partial charge in [-0.2, -0.15) is 0 Å². The number of benzene rings is 1. The summed E-state index contributed by atoms with van der Waals surface area (Å²) in [4.78, 5) is 4.73. The number of anilines is 1. The second-order valence-corrected chi connectivity index (χ2v) is 4.35. The fraction of sp³-hybridized carbons (Fsp3) is 0.0833. The summed E-state index contributed by atoms with van der Waals surface area (Å²) in [5.41, 5.74) is -0.150. The second kappa shape index (κ2) is 5.22. The Labute approximate surface area is 106 Å². The van der Waals surface area contributed by atoms with Crippen molar-refractivity contribution in [3.63, 3.8) is 0 Å². The summed E-state index contributed by atoms with van der Waals surface area (Å²) in [6.07, 6.45) is 0. The Kier molecular flexibility index (Phi) is 3.66. The average Bonchev–Trinajstić information content (AvgIpc) is 2.89. The summed E-state index contributed by atoms with van der Waals surface area (Å²) in [6.45, 7) is 0. The minimum atomic E-state index is -1.50. The molecule has 18 heavy (non-hydrogen) atoms. The molecule has 2 nitrogen and oxygen atoms in total. The zero-order chi connectivity index (χ0) is 13.1. The van der Waals surface area contributed by atoms with Gasteiger partial charge in [0, 0.05) is 7.05 Å². The van der Waals surface area contributed by atoms with Gasteiger partial charge in [0.25, 0.3) is 0 Å². The van der Waals surface area contributed by atoms with Crippen LogP contribution in [-0.2, 0) is 0 Å². The molecule has 6 heteroatoms. The Morgan fingerprint density at radius 3 is 2.56 bits per heavy atom. The average molecular weight is 270 g/mol. The number of nitrogens with zero attached hydrogens (tertiary/aromatic N) is 1. The molecule has 0 aliphatic rings. The number of hydrogen-bond donors (Lipinski definition) is 1. The van der Waals surface area contributed by atoms with Crippen LogP contribution in [0.2, 0.25) is 0 Å². The monoisotopic (exact) mass is 270 g/mol. The van der Waals surface area contributed by atoms with Crippen molar-refractivity contribution in [1.29, 1.82) is 0 Å². The lowest BCUT2D eigenvalue weighted by molar-refractivity contribution is 0.449. The molecule has 1 N–H and O–H groups in total. The van der Waals surface area contributed by atoms with Crippen molar-refractivity contribution in [2.24, 2.45) is 4.99 Å². The Morgan fingerprint density at radius 2 is 1.94 bits per heavy atom. The molecule has 2 aromatic rings. The van der Waals surface area contributed by atoms with Gasteiger partial charge in [-0.15, -0.1) is 11.3 Å². The van der Waals surface area contributed by atoms with Gasteiger partial charge in [0.1, 0.15) is 5.84 Å². The van der Waals surface area contributed by atoms with Gasteiger partial charge >= 0.3 is 0 Å². The topological polar surface area (TPSA) is 24.4 Å². The highest BCUT2D eigenvalue weighted by Gasteiger charge is 2.15. The molecule has 94 valence electrons. The maximum Gasteiger partial charge on any atom is 0.196 e. The number of aliphatic imine (C=N–C) groups is 1. The summed E-state index contributed by atoms with van der Waals surface area (Å²) in [7, 11) is 1.53. The molecule has 1 aromatic heterocycles. The number of amidine groups is 1. The Balaban J connectivity index is 2.32. The van der Waals surface area contributed by atoms with Crippen LogP contribution < -0.4 is 5.32 Å². The predicted molar refractivity (Wildman–Crippen MR) is 66.7 cm³/mol. The van der Waals surface area contributed by atoms with Crippen LogP contribution in [0.25, 0.3) is 0 Å². The van der Waals surface area contributed by atoms with Crippen LogP contribution in [0, 0.1) is 17.5 Å². The minimum absolute atomic E-state index is 0.150. The summed E-state index contributed by atoms with van der Waals surface area (Å²) < 4.78 is 39.3. The van der Waals surface area contributed by atoms with E-state index in [-0.39, 0.29) is 5.69 Å². The third-order valence-electron chi connectivity index (χ3n) is 2.27. The largest absolute Gasteiger partial charge is 0.337 e. The lowest BCUT2D eigenvalue weighted by Crippen LogP contribution is -2.14. The van der Waals surface area contributed by atoms with E-state index in [0.717, 1.165) is 17.0 Å². The lowest BCUT2D eigenvalue weighted by Gasteiger charge is -2.09. The third kappa shape index (κ3) is 2.38. The Hall–Kier alpha value is -1.82. The third-order valence-corrected chi connectivity index (χ3v) is 3.14. The first-order valence-electron chi connectivity index (χ1n) is 5.04. The number of thiophene rings is 1. The van der Waals surface area contributed by atoms with Crippen LogP contribution in [0.4, 0.5) is 18.9 Å². The van der Waals surface area contributed by atoms with Crippen molar-refractivity contribution >= 4 is 22.9 Å². The zero-order valence-corrected chi connectivity index (χ0v) is 10.2. The predicted octanol–water partition coefficient (Wildman–Crippen LogP) is 3.65. The normalized spacial score (nSPS) is 11.7. The lowest BCUT2D eigenvalue weighted by atomic mass is 10.2. The van der Waals surface area contributed by atoms with E-state index >= 15 is 0 Å². The number of rotatable bonds is 2. The molecule has 0 radical (unpaired) electrons. The van der Waals surface area contributed by atoms with Crippen molar-refractivity contribution in [3.8, 4) is 0 Å². The molecule has 1 aromatic carbocycles. The standard InChI is InChI=1S/C12H9F3N2S/c1-16-12(9-3-2-6-18-9)17-8-5-4-7(13)10(14)11(8)15/h2-6H,1H3,(H,16,17). The van der Waals surface area contributed by atoms with Crippen molar-refractivity contribution in [3.05, 3.63) is 52.0 Å². The summed E-state index contributed by atoms with van der Waals surface area (Å²) in [5.74, 6) is -3.58. The molecule has 0 atom stereocenters. The molecule has 0 aliphatic carbocycles. The van der Waals surface area contributed by atoms with E-state index in [4.69, 9.17) is 0 Å². The van der Waals surface area contributed by atoms with Crippen LogP contribution in [0.15, 0.2) is 34.6 Å². The molecule has 0 bridgehead atoms. The molecular formula is C12H9F3N2S. The van der Waals surface area contributed by atoms with Crippen LogP contribution in [0.5, 0.6) is 0 Å². The number of nitrogens with one attached hydrogen (secondary N) is 1. The molecule has 0 saturated heterocycles. The van der Waals surface area contributed by atoms with E-state index in [9.17, 15) is 13.2 Å². The van der Waals surface area contributed by atoms with E-state index < -0.39 is 17.5 Å². The highest BCUT2D eigenvalue weighted by molar-refractivity contribution is 7.12. The van der Waals surface area contributed by atoms with E-state index in [1.54, 1.807) is 6.07 Å². The summed E-state index contributed by atoms with van der Waals surface area (Å²) >= 11 is 1.40. The van der Waals surface area contributed by atoms with Crippen molar-refractivity contribution in [1.82, 2.24) is 0 Å². The first kappa shape index (κ1) is 12.6. The first-order valence-corrected chi connectivity index (χ1v) is 5.92. The molecule has 0 saturated carbocycles. The highest BCUT2D eigenvalue weighted by Crippen LogP contribution is 2.21. The van der Waals surface area contributed by atoms with Crippen LogP contribution in [0.3, 0.4) is 0 Å².